The number of aliphatic hydroxyl groups excluding tert-OH is 1. The topological polar surface area (TPSA) is 76.4 Å². The fourth-order valence-corrected chi connectivity index (χ4v) is 2.51. The van der Waals surface area contributed by atoms with Crippen LogP contribution >= 0.6 is 0 Å². The van der Waals surface area contributed by atoms with Crippen LogP contribution in [0, 0.1) is 11.3 Å². The first kappa shape index (κ1) is 14.9. The number of carbonyl (C=O) groups is 1. The Bertz CT molecular complexity index is 293. The first-order valence-corrected chi connectivity index (χ1v) is 6.69. The van der Waals surface area contributed by atoms with Gasteiger partial charge >= 0.3 is 0 Å². The normalized spacial score (nSPS) is 18.3. The summed E-state index contributed by atoms with van der Waals surface area (Å²) in [5.41, 5.74) is 0. The minimum absolute atomic E-state index is 0.0476. The zero-order chi connectivity index (χ0) is 13.4. The monoisotopic (exact) mass is 253 g/mol. The lowest BCUT2D eigenvalue weighted by atomic mass is 9.94. The van der Waals surface area contributed by atoms with Gasteiger partial charge in [0.1, 0.15) is 6.54 Å². The largest absolute Gasteiger partial charge is 0.392 e. The first-order valence-electron chi connectivity index (χ1n) is 6.69. The highest BCUT2D eigenvalue weighted by Crippen LogP contribution is 2.22. The molecule has 1 aliphatic rings. The van der Waals surface area contributed by atoms with E-state index in [-0.39, 0.29) is 19.0 Å². The van der Waals surface area contributed by atoms with Gasteiger partial charge in [-0.25, -0.2) is 0 Å². The van der Waals surface area contributed by atoms with Gasteiger partial charge in [0.05, 0.1) is 18.7 Å². The van der Waals surface area contributed by atoms with Crippen LogP contribution in [0.4, 0.5) is 0 Å². The third-order valence-electron chi connectivity index (χ3n) is 3.30. The van der Waals surface area contributed by atoms with Crippen molar-refractivity contribution in [2.45, 2.75) is 51.2 Å². The fraction of sp³-hybridized carbons (Fsp3) is 0.846. The average Bonchev–Trinajstić information content (AvgIpc) is 2.36. The molecule has 18 heavy (non-hydrogen) atoms. The van der Waals surface area contributed by atoms with Crippen molar-refractivity contribution in [3.63, 3.8) is 0 Å². The predicted molar refractivity (Wildman–Crippen MR) is 68.7 cm³/mol. The quantitative estimate of drug-likeness (QED) is 0.681. The second kappa shape index (κ2) is 8.06. The van der Waals surface area contributed by atoms with Crippen LogP contribution in [0.1, 0.15) is 39.0 Å². The van der Waals surface area contributed by atoms with Gasteiger partial charge < -0.3 is 10.4 Å². The van der Waals surface area contributed by atoms with E-state index in [1.54, 1.807) is 6.92 Å². The molecule has 1 rings (SSSR count). The zero-order valence-corrected chi connectivity index (χ0v) is 11.1. The van der Waals surface area contributed by atoms with Crippen molar-refractivity contribution in [1.29, 1.82) is 5.26 Å². The molecular weight excluding hydrogens is 230 g/mol. The van der Waals surface area contributed by atoms with Crippen LogP contribution in [0.2, 0.25) is 0 Å². The molecule has 0 radical (unpaired) electrons. The van der Waals surface area contributed by atoms with Crippen LogP contribution in [0.25, 0.3) is 0 Å². The summed E-state index contributed by atoms with van der Waals surface area (Å²) in [5.74, 6) is -0.136. The number of nitriles is 1. The molecule has 5 heteroatoms. The number of carbonyl (C=O) groups excluding carboxylic acids is 1. The van der Waals surface area contributed by atoms with Crippen molar-refractivity contribution in [2.75, 3.05) is 19.6 Å². The van der Waals surface area contributed by atoms with Crippen molar-refractivity contribution in [3.05, 3.63) is 0 Å². The highest BCUT2D eigenvalue weighted by Gasteiger charge is 2.23. The fourth-order valence-electron chi connectivity index (χ4n) is 2.51. The molecule has 1 aliphatic carbocycles. The number of hydrogen-bond donors (Lipinski definition) is 2. The molecule has 0 spiro atoms. The standard InChI is InChI=1S/C13H23N3O2/c1-11(17)9-16(10-13(18)15-8-7-14)12-5-3-2-4-6-12/h11-12,17H,2-6,8-10H2,1H3,(H,15,18). The number of aliphatic hydroxyl groups is 1. The SMILES string of the molecule is CC(O)CN(CC(=O)NCC#N)C1CCCCC1. The smallest absolute Gasteiger partial charge is 0.235 e. The molecule has 1 atom stereocenters. The maximum absolute atomic E-state index is 11.7. The molecule has 1 amide bonds. The highest BCUT2D eigenvalue weighted by molar-refractivity contribution is 5.78. The summed E-state index contributed by atoms with van der Waals surface area (Å²) in [6.07, 6.45) is 5.41. The molecule has 0 aromatic heterocycles. The van der Waals surface area contributed by atoms with Gasteiger partial charge in [-0.3, -0.25) is 9.69 Å². The maximum Gasteiger partial charge on any atom is 0.235 e. The average molecular weight is 253 g/mol. The number of hydrogen-bond acceptors (Lipinski definition) is 4. The Hall–Kier alpha value is -1.12. The molecule has 1 unspecified atom stereocenters. The summed E-state index contributed by atoms with van der Waals surface area (Å²) in [6.45, 7) is 2.58. The summed E-state index contributed by atoms with van der Waals surface area (Å²) in [4.78, 5) is 13.7. The molecule has 1 saturated carbocycles. The van der Waals surface area contributed by atoms with Gasteiger partial charge in [0.25, 0.3) is 0 Å². The molecule has 5 nitrogen and oxygen atoms in total. The Labute approximate surface area is 109 Å². The van der Waals surface area contributed by atoms with Crippen LogP contribution in [0.5, 0.6) is 0 Å². The Morgan fingerprint density at radius 2 is 2.17 bits per heavy atom. The van der Waals surface area contributed by atoms with E-state index < -0.39 is 6.10 Å². The van der Waals surface area contributed by atoms with Crippen molar-refractivity contribution in [1.82, 2.24) is 10.2 Å². The minimum atomic E-state index is -0.435. The molecular formula is C13H23N3O2. The number of amides is 1. The number of nitrogens with one attached hydrogen (secondary N) is 1. The van der Waals surface area contributed by atoms with Gasteiger partial charge in [0, 0.05) is 12.6 Å². The summed E-state index contributed by atoms with van der Waals surface area (Å²) in [7, 11) is 0. The van der Waals surface area contributed by atoms with E-state index >= 15 is 0 Å². The van der Waals surface area contributed by atoms with Crippen molar-refractivity contribution in [2.24, 2.45) is 0 Å². The Morgan fingerprint density at radius 3 is 2.72 bits per heavy atom. The second-order valence-electron chi connectivity index (χ2n) is 5.01. The molecule has 0 aliphatic heterocycles. The Kier molecular flexibility index (Phi) is 6.69. The van der Waals surface area contributed by atoms with Crippen molar-refractivity contribution >= 4 is 5.91 Å². The van der Waals surface area contributed by atoms with Crippen LogP contribution < -0.4 is 5.32 Å². The van der Waals surface area contributed by atoms with E-state index in [9.17, 15) is 9.90 Å². The van der Waals surface area contributed by atoms with Gasteiger partial charge in [-0.05, 0) is 19.8 Å². The number of rotatable bonds is 6. The minimum Gasteiger partial charge on any atom is -0.392 e. The van der Waals surface area contributed by atoms with Gasteiger partial charge in [-0.15, -0.1) is 0 Å². The maximum atomic E-state index is 11.7. The van der Waals surface area contributed by atoms with Crippen LogP contribution in [0.15, 0.2) is 0 Å². The molecule has 0 aromatic rings. The molecule has 0 saturated heterocycles. The predicted octanol–water partition coefficient (Wildman–Crippen LogP) is 0.642. The van der Waals surface area contributed by atoms with E-state index in [4.69, 9.17) is 5.26 Å². The van der Waals surface area contributed by atoms with Crippen LogP contribution in [0.3, 0.4) is 0 Å². The molecule has 0 aromatic carbocycles. The zero-order valence-electron chi connectivity index (χ0n) is 11.1. The number of nitrogens with zero attached hydrogens (tertiary/aromatic N) is 2. The van der Waals surface area contributed by atoms with Crippen LogP contribution in [-0.2, 0) is 4.79 Å². The van der Waals surface area contributed by atoms with E-state index in [2.05, 4.69) is 10.2 Å². The third kappa shape index (κ3) is 5.48. The summed E-state index contributed by atoms with van der Waals surface area (Å²) >= 11 is 0. The summed E-state index contributed by atoms with van der Waals surface area (Å²) < 4.78 is 0. The van der Waals surface area contributed by atoms with E-state index in [0.29, 0.717) is 12.6 Å². The molecule has 0 heterocycles. The van der Waals surface area contributed by atoms with E-state index in [0.717, 1.165) is 12.8 Å². The summed E-state index contributed by atoms with van der Waals surface area (Å²) in [6, 6.07) is 2.28. The van der Waals surface area contributed by atoms with Gasteiger partial charge in [0.2, 0.25) is 5.91 Å². The third-order valence-corrected chi connectivity index (χ3v) is 3.30. The first-order chi connectivity index (χ1) is 8.63. The highest BCUT2D eigenvalue weighted by atomic mass is 16.3. The van der Waals surface area contributed by atoms with E-state index in [1.165, 1.54) is 19.3 Å². The van der Waals surface area contributed by atoms with Gasteiger partial charge in [-0.1, -0.05) is 19.3 Å². The van der Waals surface area contributed by atoms with E-state index in [1.807, 2.05) is 6.07 Å². The Balaban J connectivity index is 2.48. The van der Waals surface area contributed by atoms with Gasteiger partial charge in [-0.2, -0.15) is 5.26 Å². The Morgan fingerprint density at radius 1 is 1.50 bits per heavy atom. The van der Waals surface area contributed by atoms with Crippen molar-refractivity contribution in [3.8, 4) is 6.07 Å². The van der Waals surface area contributed by atoms with Crippen LogP contribution in [-0.4, -0.2) is 47.7 Å². The lowest BCUT2D eigenvalue weighted by molar-refractivity contribution is -0.123. The molecule has 2 N–H and O–H groups in total. The molecule has 1 fully saturated rings. The molecule has 0 bridgehead atoms. The summed E-state index contributed by atoms with van der Waals surface area (Å²) in [5, 5.41) is 20.5. The lowest BCUT2D eigenvalue weighted by Crippen LogP contribution is -2.46. The van der Waals surface area contributed by atoms with Gasteiger partial charge in [0.15, 0.2) is 0 Å². The molecule has 102 valence electrons. The lowest BCUT2D eigenvalue weighted by Gasteiger charge is -2.34. The second-order valence-corrected chi connectivity index (χ2v) is 5.01. The van der Waals surface area contributed by atoms with Crippen molar-refractivity contribution < 1.29 is 9.90 Å².